The second-order valence-electron chi connectivity index (χ2n) is 9.44. The molecule has 5 rings (SSSR count). The molecule has 2 aromatic carbocycles. The Labute approximate surface area is 238 Å². The lowest BCUT2D eigenvalue weighted by Gasteiger charge is -2.30. The first-order chi connectivity index (χ1) is 19.2. The number of ketones is 1. The average molecular weight is 581 g/mol. The molecule has 1 aliphatic carbocycles. The van der Waals surface area contributed by atoms with E-state index in [1.807, 2.05) is 19.1 Å². The van der Waals surface area contributed by atoms with E-state index in [0.717, 1.165) is 10.0 Å². The minimum atomic E-state index is -0.806. The molecule has 204 valence electrons. The van der Waals surface area contributed by atoms with E-state index in [4.69, 9.17) is 32.4 Å². The normalized spacial score (nSPS) is 19.9. The molecule has 9 nitrogen and oxygen atoms in total. The van der Waals surface area contributed by atoms with Crippen LogP contribution in [0.25, 0.3) is 0 Å². The molecule has 1 aliphatic heterocycles. The molecule has 0 saturated carbocycles. The maximum Gasteiger partial charge on any atom is 0.379 e. The molecule has 1 fully saturated rings. The van der Waals surface area contributed by atoms with Gasteiger partial charge in [0.25, 0.3) is 17.7 Å². The van der Waals surface area contributed by atoms with Gasteiger partial charge in [0.1, 0.15) is 12.3 Å². The number of allylic oxidation sites excluding steroid dienone is 2. The number of hydrazine groups is 1. The van der Waals surface area contributed by atoms with Crippen molar-refractivity contribution >= 4 is 52.7 Å². The Bertz CT molecular complexity index is 1530. The number of halogens is 2. The fourth-order valence-corrected chi connectivity index (χ4v) is 5.38. The van der Waals surface area contributed by atoms with Crippen LogP contribution in [0.1, 0.15) is 44.6 Å². The van der Waals surface area contributed by atoms with Crippen molar-refractivity contribution in [2.45, 2.75) is 13.3 Å². The van der Waals surface area contributed by atoms with Gasteiger partial charge in [0.15, 0.2) is 5.78 Å². The number of benzene rings is 2. The number of carbonyl (C=O) groups is 5. The van der Waals surface area contributed by atoms with Crippen LogP contribution in [-0.4, -0.2) is 46.0 Å². The van der Waals surface area contributed by atoms with Crippen LogP contribution in [0.15, 0.2) is 77.4 Å². The highest BCUT2D eigenvalue weighted by atomic mass is 35.5. The summed E-state index contributed by atoms with van der Waals surface area (Å²) in [5.41, 5.74) is 0.130. The van der Waals surface area contributed by atoms with Crippen molar-refractivity contribution in [2.24, 2.45) is 17.8 Å². The first kappa shape index (κ1) is 27.4. The second kappa shape index (κ2) is 11.1. The molecule has 3 amide bonds. The van der Waals surface area contributed by atoms with Crippen molar-refractivity contribution in [3.8, 4) is 5.75 Å². The van der Waals surface area contributed by atoms with Crippen molar-refractivity contribution in [3.05, 3.63) is 99.9 Å². The Kier molecular flexibility index (Phi) is 7.60. The fourth-order valence-electron chi connectivity index (χ4n) is 4.89. The van der Waals surface area contributed by atoms with Crippen molar-refractivity contribution in [2.75, 3.05) is 6.54 Å². The Morgan fingerprint density at radius 3 is 2.45 bits per heavy atom. The smallest absolute Gasteiger partial charge is 0.379 e. The third-order valence-electron chi connectivity index (χ3n) is 6.89. The lowest BCUT2D eigenvalue weighted by atomic mass is 9.78. The fraction of sp³-hybridized carbons (Fsp3) is 0.207. The molecule has 0 N–H and O–H groups in total. The van der Waals surface area contributed by atoms with Crippen LogP contribution >= 0.6 is 23.2 Å². The van der Waals surface area contributed by atoms with E-state index in [0.29, 0.717) is 6.42 Å². The predicted molar refractivity (Wildman–Crippen MR) is 144 cm³/mol. The van der Waals surface area contributed by atoms with E-state index in [-0.39, 0.29) is 38.6 Å². The SMILES string of the molecule is C[C@@H]1C=CC[C@H]2C(=O)N(N(CC(=O)c3ccc(OC(=O)c4ccco4)cc3)C(=O)c3ccc(Cl)cc3Cl)C(=O)[C@H]12. The van der Waals surface area contributed by atoms with Gasteiger partial charge < -0.3 is 9.15 Å². The van der Waals surface area contributed by atoms with Crippen molar-refractivity contribution in [1.29, 1.82) is 0 Å². The van der Waals surface area contributed by atoms with Gasteiger partial charge in [-0.05, 0) is 66.9 Å². The number of nitrogens with zero attached hydrogens (tertiary/aromatic N) is 2. The number of esters is 1. The van der Waals surface area contributed by atoms with Crippen molar-refractivity contribution in [3.63, 3.8) is 0 Å². The molecular weight excluding hydrogens is 559 g/mol. The molecule has 0 bridgehead atoms. The predicted octanol–water partition coefficient (Wildman–Crippen LogP) is 5.24. The van der Waals surface area contributed by atoms with Crippen LogP contribution in [0.2, 0.25) is 10.0 Å². The number of rotatable bonds is 7. The molecule has 3 aromatic rings. The third-order valence-corrected chi connectivity index (χ3v) is 7.44. The van der Waals surface area contributed by atoms with Gasteiger partial charge in [0, 0.05) is 10.6 Å². The number of furan rings is 1. The topological polar surface area (TPSA) is 114 Å². The minimum Gasteiger partial charge on any atom is -0.457 e. The highest BCUT2D eigenvalue weighted by Gasteiger charge is 2.53. The maximum absolute atomic E-state index is 13.7. The molecular formula is C29H22Cl2N2O7. The minimum absolute atomic E-state index is 0.00391. The van der Waals surface area contributed by atoms with E-state index >= 15 is 0 Å². The van der Waals surface area contributed by atoms with Gasteiger partial charge in [0.2, 0.25) is 5.76 Å². The molecule has 0 unspecified atom stereocenters. The van der Waals surface area contributed by atoms with E-state index < -0.39 is 47.9 Å². The summed E-state index contributed by atoms with van der Waals surface area (Å²) < 4.78 is 10.2. The first-order valence-corrected chi connectivity index (χ1v) is 13.1. The van der Waals surface area contributed by atoms with Gasteiger partial charge >= 0.3 is 5.97 Å². The molecule has 1 saturated heterocycles. The van der Waals surface area contributed by atoms with E-state index in [9.17, 15) is 24.0 Å². The largest absolute Gasteiger partial charge is 0.457 e. The van der Waals surface area contributed by atoms with Gasteiger partial charge in [-0.25, -0.2) is 9.80 Å². The Balaban J connectivity index is 1.42. The summed E-state index contributed by atoms with van der Waals surface area (Å²) in [5.74, 6) is -4.52. The van der Waals surface area contributed by atoms with E-state index in [1.54, 1.807) is 6.07 Å². The molecule has 2 aliphatic rings. The molecule has 1 aromatic heterocycles. The van der Waals surface area contributed by atoms with Crippen LogP contribution in [0.4, 0.5) is 0 Å². The van der Waals surface area contributed by atoms with Gasteiger partial charge in [-0.3, -0.25) is 19.2 Å². The lowest BCUT2D eigenvalue weighted by Crippen LogP contribution is -2.52. The quantitative estimate of drug-likeness (QED) is 0.123. The summed E-state index contributed by atoms with van der Waals surface area (Å²) in [4.78, 5) is 66.1. The molecule has 2 heterocycles. The van der Waals surface area contributed by atoms with Gasteiger partial charge in [-0.15, -0.1) is 0 Å². The van der Waals surface area contributed by atoms with Crippen LogP contribution in [0, 0.1) is 17.8 Å². The Hall–Kier alpha value is -4.21. The number of amides is 3. The van der Waals surface area contributed by atoms with Crippen molar-refractivity contribution in [1.82, 2.24) is 10.0 Å². The number of Topliss-reactive ketones (excluding diaryl/α,β-unsaturated/α-hetero) is 1. The third kappa shape index (κ3) is 5.17. The standard InChI is InChI=1S/C29H22Cl2N2O7/c1-16-4-2-5-21-25(16)28(37)33(27(21)36)32(26(35)20-12-9-18(30)14-22(20)31)15-23(34)17-7-10-19(11-8-17)40-29(38)24-6-3-13-39-24/h2-4,6-14,16,21,25H,5,15H2,1H3/t16-,21-,25-/m1/s1. The first-order valence-electron chi connectivity index (χ1n) is 12.4. The Morgan fingerprint density at radius 2 is 1.80 bits per heavy atom. The second-order valence-corrected chi connectivity index (χ2v) is 10.3. The zero-order valence-corrected chi connectivity index (χ0v) is 22.6. The molecule has 3 atom stereocenters. The van der Waals surface area contributed by atoms with E-state index in [1.165, 1.54) is 54.8 Å². The highest BCUT2D eigenvalue weighted by Crippen LogP contribution is 2.39. The van der Waals surface area contributed by atoms with Gasteiger partial charge in [-0.1, -0.05) is 42.3 Å². The number of hydrogen-bond donors (Lipinski definition) is 0. The summed E-state index contributed by atoms with van der Waals surface area (Å²) in [5, 5.41) is 1.92. The zero-order chi connectivity index (χ0) is 28.6. The van der Waals surface area contributed by atoms with Gasteiger partial charge in [-0.2, -0.15) is 5.01 Å². The van der Waals surface area contributed by atoms with Crippen LogP contribution in [0.5, 0.6) is 5.75 Å². The summed E-state index contributed by atoms with van der Waals surface area (Å²) in [6, 6.07) is 12.8. The van der Waals surface area contributed by atoms with Crippen LogP contribution in [-0.2, 0) is 9.59 Å². The summed E-state index contributed by atoms with van der Waals surface area (Å²) in [6.45, 7) is 1.21. The van der Waals surface area contributed by atoms with E-state index in [2.05, 4.69) is 0 Å². The Morgan fingerprint density at radius 1 is 1.05 bits per heavy atom. The summed E-state index contributed by atoms with van der Waals surface area (Å²) in [7, 11) is 0. The molecule has 0 radical (unpaired) electrons. The van der Waals surface area contributed by atoms with Gasteiger partial charge in [0.05, 0.1) is 28.7 Å². The summed E-state index contributed by atoms with van der Waals surface area (Å²) in [6.07, 6.45) is 5.40. The molecule has 11 heteroatoms. The molecule has 40 heavy (non-hydrogen) atoms. The number of ether oxygens (including phenoxy) is 1. The average Bonchev–Trinajstić information content (AvgIpc) is 3.55. The number of carbonyl (C=O) groups excluding carboxylic acids is 5. The number of fused-ring (bicyclic) bond motifs is 1. The maximum atomic E-state index is 13.7. The number of hydrogen-bond acceptors (Lipinski definition) is 7. The highest BCUT2D eigenvalue weighted by molar-refractivity contribution is 6.36. The summed E-state index contributed by atoms with van der Waals surface area (Å²) >= 11 is 12.3. The number of imide groups is 1. The zero-order valence-electron chi connectivity index (χ0n) is 21.1. The molecule has 0 spiro atoms. The lowest BCUT2D eigenvalue weighted by molar-refractivity contribution is -0.154. The van der Waals surface area contributed by atoms with Crippen LogP contribution in [0.3, 0.4) is 0 Å². The van der Waals surface area contributed by atoms with Crippen molar-refractivity contribution < 1.29 is 33.1 Å². The van der Waals surface area contributed by atoms with Crippen LogP contribution < -0.4 is 4.74 Å². The monoisotopic (exact) mass is 580 g/mol.